The van der Waals surface area contributed by atoms with Gasteiger partial charge in [0.15, 0.2) is 15.3 Å². The molecule has 1 aromatic carbocycles. The number of benzene rings is 1. The summed E-state index contributed by atoms with van der Waals surface area (Å²) in [4.78, 5) is 14.2. The number of halogens is 2. The first-order valence-corrected chi connectivity index (χ1v) is 7.65. The normalized spacial score (nSPS) is 11.5. The molecule has 0 saturated heterocycles. The summed E-state index contributed by atoms with van der Waals surface area (Å²) in [5, 5.41) is 0.433. The molecule has 0 saturated carbocycles. The molecule has 0 unspecified atom stereocenters. The van der Waals surface area contributed by atoms with Gasteiger partial charge in [0.2, 0.25) is 0 Å². The lowest BCUT2D eigenvalue weighted by Crippen LogP contribution is -2.13. The van der Waals surface area contributed by atoms with Gasteiger partial charge in [0.1, 0.15) is 0 Å². The average molecular weight is 318 g/mol. The van der Waals surface area contributed by atoms with E-state index in [2.05, 4.69) is 4.98 Å². The van der Waals surface area contributed by atoms with Crippen molar-refractivity contribution in [1.29, 1.82) is 0 Å². The zero-order valence-electron chi connectivity index (χ0n) is 9.56. The second-order valence-electron chi connectivity index (χ2n) is 3.87. The van der Waals surface area contributed by atoms with Gasteiger partial charge in [0.25, 0.3) is 0 Å². The Morgan fingerprint density at radius 3 is 2.47 bits per heavy atom. The molecule has 0 atom stereocenters. The predicted octanol–water partition coefficient (Wildman–Crippen LogP) is 2.66. The van der Waals surface area contributed by atoms with Crippen LogP contribution in [0.25, 0.3) is 0 Å². The van der Waals surface area contributed by atoms with Crippen molar-refractivity contribution in [2.75, 3.05) is 0 Å². The van der Waals surface area contributed by atoms with Crippen molar-refractivity contribution >= 4 is 33.0 Å². The topological polar surface area (TPSA) is 67.0 Å². The number of hydrogen-bond acceptors (Lipinski definition) is 3. The molecule has 0 radical (unpaired) electrons. The highest BCUT2D eigenvalue weighted by Gasteiger charge is 2.18. The maximum atomic E-state index is 12.2. The van der Waals surface area contributed by atoms with Crippen LogP contribution in [0.1, 0.15) is 5.56 Å². The fourth-order valence-corrected chi connectivity index (χ4v) is 3.26. The summed E-state index contributed by atoms with van der Waals surface area (Å²) in [6.07, 6.45) is 2.81. The number of rotatable bonds is 3. The van der Waals surface area contributed by atoms with Gasteiger partial charge in [0.05, 0.1) is 20.7 Å². The van der Waals surface area contributed by atoms with Gasteiger partial charge in [-0.05, 0) is 18.2 Å². The van der Waals surface area contributed by atoms with Crippen LogP contribution in [0.15, 0.2) is 46.3 Å². The van der Waals surface area contributed by atoms with E-state index in [0.29, 0.717) is 0 Å². The SMILES string of the molecule is O=c1cc[nH]cc1CS(=O)(=O)c1ccc(Cl)c(Cl)c1. The Balaban J connectivity index is 2.41. The molecule has 1 heterocycles. The van der Waals surface area contributed by atoms with Crippen molar-refractivity contribution < 1.29 is 8.42 Å². The summed E-state index contributed by atoms with van der Waals surface area (Å²) in [7, 11) is -3.64. The molecule has 4 nitrogen and oxygen atoms in total. The van der Waals surface area contributed by atoms with Crippen LogP contribution in [0.4, 0.5) is 0 Å². The summed E-state index contributed by atoms with van der Waals surface area (Å²) < 4.78 is 24.3. The minimum Gasteiger partial charge on any atom is -0.367 e. The first kappa shape index (κ1) is 14.1. The minimum absolute atomic E-state index is 0.0325. The maximum Gasteiger partial charge on any atom is 0.185 e. The van der Waals surface area contributed by atoms with Crippen LogP contribution in [-0.2, 0) is 15.6 Å². The number of sulfone groups is 1. The van der Waals surface area contributed by atoms with E-state index in [1.165, 1.54) is 36.7 Å². The van der Waals surface area contributed by atoms with Crippen LogP contribution >= 0.6 is 23.2 Å². The van der Waals surface area contributed by atoms with Crippen molar-refractivity contribution in [1.82, 2.24) is 4.98 Å². The Hall–Kier alpha value is -1.30. The molecular formula is C12H9Cl2NO3S. The summed E-state index contributed by atoms with van der Waals surface area (Å²) in [6, 6.07) is 5.32. The molecule has 7 heteroatoms. The van der Waals surface area contributed by atoms with Crippen molar-refractivity contribution in [2.24, 2.45) is 0 Å². The van der Waals surface area contributed by atoms with Crippen LogP contribution in [0, 0.1) is 0 Å². The molecular weight excluding hydrogens is 309 g/mol. The van der Waals surface area contributed by atoms with Gasteiger partial charge in [0, 0.05) is 24.0 Å². The standard InChI is InChI=1S/C12H9Cl2NO3S/c13-10-2-1-9(5-11(10)14)19(17,18)7-8-6-15-4-3-12(8)16/h1-6H,7H2,(H,15,16). The third kappa shape index (κ3) is 3.18. The number of pyridine rings is 1. The predicted molar refractivity (Wildman–Crippen MR) is 74.4 cm³/mol. The Morgan fingerprint density at radius 1 is 1.11 bits per heavy atom. The van der Waals surface area contributed by atoms with E-state index in [9.17, 15) is 13.2 Å². The van der Waals surface area contributed by atoms with E-state index >= 15 is 0 Å². The highest BCUT2D eigenvalue weighted by Crippen LogP contribution is 2.26. The molecule has 0 aliphatic rings. The summed E-state index contributed by atoms with van der Waals surface area (Å²) >= 11 is 11.5. The van der Waals surface area contributed by atoms with Crippen LogP contribution in [0.2, 0.25) is 10.0 Å². The molecule has 0 aliphatic heterocycles. The molecule has 0 bridgehead atoms. The largest absolute Gasteiger partial charge is 0.367 e. The van der Waals surface area contributed by atoms with Crippen molar-refractivity contribution in [3.05, 3.63) is 62.5 Å². The smallest absolute Gasteiger partial charge is 0.185 e. The molecule has 1 aromatic heterocycles. The highest BCUT2D eigenvalue weighted by molar-refractivity contribution is 7.90. The van der Waals surface area contributed by atoms with E-state index in [4.69, 9.17) is 23.2 Å². The first-order chi connectivity index (χ1) is 8.90. The van der Waals surface area contributed by atoms with Crippen LogP contribution < -0.4 is 5.43 Å². The Bertz CT molecular complexity index is 769. The number of aromatic nitrogens is 1. The second kappa shape index (κ2) is 5.36. The number of H-pyrrole nitrogens is 1. The van der Waals surface area contributed by atoms with Gasteiger partial charge in [-0.2, -0.15) is 0 Å². The zero-order chi connectivity index (χ0) is 14.0. The molecule has 19 heavy (non-hydrogen) atoms. The van der Waals surface area contributed by atoms with Crippen LogP contribution in [-0.4, -0.2) is 13.4 Å². The molecule has 0 spiro atoms. The van der Waals surface area contributed by atoms with Gasteiger partial charge in [-0.3, -0.25) is 4.79 Å². The molecule has 0 fully saturated rings. The van der Waals surface area contributed by atoms with Gasteiger partial charge >= 0.3 is 0 Å². The number of nitrogens with one attached hydrogen (secondary N) is 1. The summed E-state index contributed by atoms with van der Waals surface area (Å²) in [5.41, 5.74) is -0.157. The fourth-order valence-electron chi connectivity index (χ4n) is 1.52. The van der Waals surface area contributed by atoms with E-state index < -0.39 is 9.84 Å². The molecule has 2 aromatic rings. The first-order valence-electron chi connectivity index (χ1n) is 5.24. The van der Waals surface area contributed by atoms with Crippen molar-refractivity contribution in [3.63, 3.8) is 0 Å². The molecule has 2 rings (SSSR count). The average Bonchev–Trinajstić information content (AvgIpc) is 2.35. The quantitative estimate of drug-likeness (QED) is 0.946. The lowest BCUT2D eigenvalue weighted by molar-refractivity contribution is 0.595. The molecule has 100 valence electrons. The summed E-state index contributed by atoms with van der Waals surface area (Å²) in [5.74, 6) is -0.388. The monoisotopic (exact) mass is 317 g/mol. The van der Waals surface area contributed by atoms with E-state index in [1.54, 1.807) is 0 Å². The number of aromatic amines is 1. The Labute approximate surface area is 119 Å². The fraction of sp³-hybridized carbons (Fsp3) is 0.0833. The van der Waals surface area contributed by atoms with Crippen LogP contribution in [0.3, 0.4) is 0 Å². The van der Waals surface area contributed by atoms with Gasteiger partial charge < -0.3 is 4.98 Å². The third-order valence-corrected chi connectivity index (χ3v) is 4.90. The van der Waals surface area contributed by atoms with Crippen LogP contribution in [0.5, 0.6) is 0 Å². The molecule has 1 N–H and O–H groups in total. The third-order valence-electron chi connectivity index (χ3n) is 2.50. The minimum atomic E-state index is -3.64. The molecule has 0 aliphatic carbocycles. The van der Waals surface area contributed by atoms with Crippen molar-refractivity contribution in [2.45, 2.75) is 10.6 Å². The Morgan fingerprint density at radius 2 is 1.84 bits per heavy atom. The zero-order valence-corrected chi connectivity index (χ0v) is 11.9. The number of hydrogen-bond donors (Lipinski definition) is 1. The van der Waals surface area contributed by atoms with Crippen molar-refractivity contribution in [3.8, 4) is 0 Å². The van der Waals surface area contributed by atoms with E-state index in [1.807, 2.05) is 0 Å². The Kier molecular flexibility index (Phi) is 3.99. The summed E-state index contributed by atoms with van der Waals surface area (Å²) in [6.45, 7) is 0. The van der Waals surface area contributed by atoms with Gasteiger partial charge in [-0.1, -0.05) is 23.2 Å². The van der Waals surface area contributed by atoms with Gasteiger partial charge in [-0.25, -0.2) is 8.42 Å². The van der Waals surface area contributed by atoms with E-state index in [-0.39, 0.29) is 31.7 Å². The van der Waals surface area contributed by atoms with E-state index in [0.717, 1.165) is 0 Å². The molecule has 0 amide bonds. The lowest BCUT2D eigenvalue weighted by Gasteiger charge is -2.05. The second-order valence-corrected chi connectivity index (χ2v) is 6.67. The van der Waals surface area contributed by atoms with Gasteiger partial charge in [-0.15, -0.1) is 0 Å². The maximum absolute atomic E-state index is 12.2. The lowest BCUT2D eigenvalue weighted by atomic mass is 10.3. The highest BCUT2D eigenvalue weighted by atomic mass is 35.5.